The van der Waals surface area contributed by atoms with Crippen LogP contribution in [0.1, 0.15) is 0 Å². The van der Waals surface area contributed by atoms with Crippen molar-refractivity contribution in [2.24, 2.45) is 0 Å². The van der Waals surface area contributed by atoms with Gasteiger partial charge in [-0.2, -0.15) is 0 Å². The van der Waals surface area contributed by atoms with E-state index in [4.69, 9.17) is 0 Å². The Kier molecular flexibility index (Phi) is 1.82. The Bertz CT molecular complexity index is 379. The molecule has 0 fully saturated rings. The molecule has 11 heavy (non-hydrogen) atoms. The summed E-state index contributed by atoms with van der Waals surface area (Å²) in [5.41, 5.74) is 1.15. The number of pyridine rings is 1. The van der Waals surface area contributed by atoms with Crippen molar-refractivity contribution in [2.45, 2.75) is 0 Å². The van der Waals surface area contributed by atoms with Crippen molar-refractivity contribution in [1.29, 1.82) is 0 Å². The Morgan fingerprint density at radius 3 is 2.73 bits per heavy atom. The Morgan fingerprint density at radius 2 is 1.91 bits per heavy atom. The number of hydrogen-bond acceptors (Lipinski definition) is 1. The van der Waals surface area contributed by atoms with Crippen LogP contribution in [0.4, 0.5) is 0 Å². The third-order valence-corrected chi connectivity index (χ3v) is 2.78. The van der Waals surface area contributed by atoms with Crippen molar-refractivity contribution in [3.05, 3.63) is 36.5 Å². The molecule has 0 amide bonds. The molecule has 2 heteroatoms. The van der Waals surface area contributed by atoms with Crippen LogP contribution >= 0.6 is 0 Å². The molecule has 1 heterocycles. The first-order valence-corrected chi connectivity index (χ1v) is 4.86. The molecule has 1 aromatic carbocycles. The molecule has 0 unspecified atom stereocenters. The van der Waals surface area contributed by atoms with Crippen LogP contribution in [-0.2, 0) is 0 Å². The first-order valence-electron chi connectivity index (χ1n) is 3.43. The SMILES string of the molecule is [Sn][c]1cccc2cccnc12. The first-order chi connectivity index (χ1) is 5.38. The van der Waals surface area contributed by atoms with Crippen molar-refractivity contribution in [2.75, 3.05) is 0 Å². The van der Waals surface area contributed by atoms with E-state index in [1.165, 1.54) is 31.5 Å². The number of hydrogen-bond donors (Lipinski definition) is 0. The Hall–Kier alpha value is -0.571. The van der Waals surface area contributed by atoms with Gasteiger partial charge in [-0.25, -0.2) is 0 Å². The summed E-state index contributed by atoms with van der Waals surface area (Å²) in [5.74, 6) is 0. The van der Waals surface area contributed by atoms with Crippen LogP contribution in [0.15, 0.2) is 36.5 Å². The topological polar surface area (TPSA) is 12.9 Å². The van der Waals surface area contributed by atoms with Crippen LogP contribution in [0.25, 0.3) is 10.9 Å². The standard InChI is InChI=1S/C9H6N.Sn/c1-2-6-9-8(4-1)5-3-7-10-9;/h1-5,7H;. The Morgan fingerprint density at radius 1 is 1.09 bits per heavy atom. The molecule has 0 atom stereocenters. The fourth-order valence-corrected chi connectivity index (χ4v) is 1.98. The maximum atomic E-state index is 4.30. The van der Waals surface area contributed by atoms with Gasteiger partial charge in [-0.3, -0.25) is 0 Å². The van der Waals surface area contributed by atoms with Crippen molar-refractivity contribution in [3.8, 4) is 0 Å². The third kappa shape index (κ3) is 1.25. The number of rotatable bonds is 0. The summed E-state index contributed by atoms with van der Waals surface area (Å²) < 4.78 is 1.33. The van der Waals surface area contributed by atoms with Gasteiger partial charge in [0.05, 0.1) is 0 Å². The monoisotopic (exact) mass is 248 g/mol. The molecule has 1 aromatic heterocycles. The number of benzene rings is 1. The summed E-state index contributed by atoms with van der Waals surface area (Å²) in [4.78, 5) is 4.30. The van der Waals surface area contributed by atoms with Crippen LogP contribution in [-0.4, -0.2) is 27.5 Å². The van der Waals surface area contributed by atoms with Gasteiger partial charge < -0.3 is 0 Å². The average molecular weight is 247 g/mol. The molecule has 0 bridgehead atoms. The van der Waals surface area contributed by atoms with E-state index in [-0.39, 0.29) is 0 Å². The molecule has 0 aliphatic carbocycles. The quantitative estimate of drug-likeness (QED) is 0.633. The zero-order valence-corrected chi connectivity index (χ0v) is 8.77. The van der Waals surface area contributed by atoms with Crippen LogP contribution in [0, 0.1) is 0 Å². The van der Waals surface area contributed by atoms with E-state index in [9.17, 15) is 0 Å². The molecule has 0 saturated heterocycles. The first kappa shape index (κ1) is 7.10. The molecule has 1 nitrogen and oxygen atoms in total. The summed E-state index contributed by atoms with van der Waals surface area (Å²) in [5, 5.41) is 1.24. The fraction of sp³-hybridized carbons (Fsp3) is 0. The van der Waals surface area contributed by atoms with E-state index in [2.05, 4.69) is 29.2 Å². The van der Waals surface area contributed by atoms with Gasteiger partial charge in [0, 0.05) is 0 Å². The summed E-state index contributed by atoms with van der Waals surface area (Å²) >= 11 is 1.43. The number of fused-ring (bicyclic) bond motifs is 1. The second kappa shape index (κ2) is 2.81. The molecule has 51 valence electrons. The molecule has 2 aromatic rings. The van der Waals surface area contributed by atoms with Crippen molar-refractivity contribution in [3.63, 3.8) is 0 Å². The molecular weight excluding hydrogens is 241 g/mol. The van der Waals surface area contributed by atoms with Crippen molar-refractivity contribution < 1.29 is 0 Å². The predicted molar refractivity (Wildman–Crippen MR) is 47.1 cm³/mol. The van der Waals surface area contributed by atoms with Gasteiger partial charge in [0.1, 0.15) is 0 Å². The average Bonchev–Trinajstić information content (AvgIpc) is 2.06. The van der Waals surface area contributed by atoms with Gasteiger partial charge in [0.15, 0.2) is 0 Å². The number of aromatic nitrogens is 1. The summed E-state index contributed by atoms with van der Waals surface area (Å²) in [7, 11) is 0. The number of nitrogens with zero attached hydrogens (tertiary/aromatic N) is 1. The molecule has 0 spiro atoms. The molecule has 2 rings (SSSR count). The van der Waals surface area contributed by atoms with Gasteiger partial charge in [-0.05, 0) is 0 Å². The summed E-state index contributed by atoms with van der Waals surface area (Å²) in [6.45, 7) is 0. The molecule has 0 aliphatic heterocycles. The van der Waals surface area contributed by atoms with Gasteiger partial charge in [-0.15, -0.1) is 0 Å². The molecule has 0 saturated carbocycles. The zero-order chi connectivity index (χ0) is 7.68. The molecular formula is C9H6NSn. The van der Waals surface area contributed by atoms with Crippen LogP contribution in [0.3, 0.4) is 0 Å². The van der Waals surface area contributed by atoms with Gasteiger partial charge in [0.25, 0.3) is 0 Å². The fourth-order valence-electron chi connectivity index (χ4n) is 1.10. The molecule has 0 N–H and O–H groups in total. The Labute approximate surface area is 78.5 Å². The zero-order valence-electron chi connectivity index (χ0n) is 5.91. The van der Waals surface area contributed by atoms with E-state index in [1.54, 1.807) is 0 Å². The van der Waals surface area contributed by atoms with Crippen LogP contribution in [0.2, 0.25) is 0 Å². The van der Waals surface area contributed by atoms with Gasteiger partial charge in [-0.1, -0.05) is 0 Å². The van der Waals surface area contributed by atoms with Crippen LogP contribution in [0.5, 0.6) is 0 Å². The third-order valence-electron chi connectivity index (χ3n) is 1.63. The second-order valence-electron chi connectivity index (χ2n) is 2.38. The summed E-state index contributed by atoms with van der Waals surface area (Å²) in [6.07, 6.45) is 1.84. The van der Waals surface area contributed by atoms with Gasteiger partial charge >= 0.3 is 78.5 Å². The van der Waals surface area contributed by atoms with Crippen LogP contribution < -0.4 is 3.58 Å². The van der Waals surface area contributed by atoms with E-state index in [1.807, 2.05) is 12.3 Å². The normalized spacial score (nSPS) is 10.3. The van der Waals surface area contributed by atoms with Gasteiger partial charge in [0.2, 0.25) is 0 Å². The van der Waals surface area contributed by atoms with Crippen molar-refractivity contribution in [1.82, 2.24) is 4.98 Å². The Balaban J connectivity index is 2.91. The molecule has 3 radical (unpaired) electrons. The van der Waals surface area contributed by atoms with E-state index in [0.29, 0.717) is 0 Å². The van der Waals surface area contributed by atoms with E-state index in [0.717, 1.165) is 5.52 Å². The minimum atomic E-state index is 1.15. The van der Waals surface area contributed by atoms with E-state index < -0.39 is 0 Å². The van der Waals surface area contributed by atoms with E-state index >= 15 is 0 Å². The molecule has 0 aliphatic rings. The number of para-hydroxylation sites is 1. The minimum absolute atomic E-state index is 1.15. The predicted octanol–water partition coefficient (Wildman–Crippen LogP) is 1.03. The summed E-state index contributed by atoms with van der Waals surface area (Å²) in [6, 6.07) is 10.4. The van der Waals surface area contributed by atoms with Crippen molar-refractivity contribution >= 4 is 37.0 Å². The maximum absolute atomic E-state index is 4.30. The second-order valence-corrected chi connectivity index (χ2v) is 3.92.